The number of rotatable bonds is 1. The van der Waals surface area contributed by atoms with Crippen molar-refractivity contribution in [3.05, 3.63) is 0 Å². The number of carbonyl (C=O) groups excluding carboxylic acids is 1. The molecule has 0 fully saturated rings. The molecule has 0 aromatic carbocycles. The Morgan fingerprint density at radius 2 is 2.00 bits per heavy atom. The molecule has 4 heteroatoms. The number of carboxylic acids is 1. The molecule has 1 atom stereocenters. The van der Waals surface area contributed by atoms with Crippen LogP contribution in [-0.4, -0.2) is 37.0 Å². The third-order valence-electron chi connectivity index (χ3n) is 0.341. The third kappa shape index (κ3) is 6.07. The Hall–Kier alpha value is 0.0664. The van der Waals surface area contributed by atoms with E-state index in [4.69, 9.17) is 5.11 Å². The van der Waals surface area contributed by atoms with Crippen LogP contribution in [0.3, 0.4) is 0 Å². The molecule has 0 aliphatic carbocycles. The topological polar surface area (TPSA) is 60.4 Å². The van der Waals surface area contributed by atoms with Crippen LogP contribution >= 0.6 is 0 Å². The molecule has 0 bridgehead atoms. The maximum atomic E-state index is 9.34. The van der Waals surface area contributed by atoms with E-state index < -0.39 is 12.1 Å². The molecular formula is C3H5GaO3+2. The molecule has 0 saturated carbocycles. The summed E-state index contributed by atoms with van der Waals surface area (Å²) in [4.78, 5) is 9.34. The van der Waals surface area contributed by atoms with Crippen molar-refractivity contribution in [2.75, 3.05) is 0 Å². The van der Waals surface area contributed by atoms with Gasteiger partial charge in [-0.15, -0.1) is 0 Å². The summed E-state index contributed by atoms with van der Waals surface area (Å²) < 4.78 is 0. The molecule has 7 heavy (non-hydrogen) atoms. The zero-order valence-electron chi connectivity index (χ0n) is 3.92. The summed E-state index contributed by atoms with van der Waals surface area (Å²) in [7, 11) is 0. The fraction of sp³-hybridized carbons (Fsp3) is 0.667. The van der Waals surface area contributed by atoms with E-state index in [1.807, 2.05) is 0 Å². The molecule has 3 nitrogen and oxygen atoms in total. The van der Waals surface area contributed by atoms with Crippen LogP contribution in [0.4, 0.5) is 0 Å². The normalized spacial score (nSPS) is 11.7. The fourth-order valence-corrected chi connectivity index (χ4v) is 0. The van der Waals surface area contributed by atoms with Crippen molar-refractivity contribution in [2.45, 2.75) is 13.0 Å². The Morgan fingerprint density at radius 3 is 2.00 bits per heavy atom. The van der Waals surface area contributed by atoms with Crippen LogP contribution in [0.15, 0.2) is 0 Å². The number of carbonyl (C=O) groups is 1. The third-order valence-corrected chi connectivity index (χ3v) is 0.341. The SMILES string of the molecule is CC(O)C(=O)[O-].[Ga+3]. The van der Waals surface area contributed by atoms with Gasteiger partial charge in [0.05, 0.1) is 12.1 Å². The Bertz CT molecular complexity index is 61.2. The molecule has 1 N–H and O–H groups in total. The predicted molar refractivity (Wildman–Crippen MR) is 22.4 cm³/mol. The average Bonchev–Trinajstić information content (AvgIpc) is 1.36. The van der Waals surface area contributed by atoms with Crippen LogP contribution in [0.25, 0.3) is 0 Å². The van der Waals surface area contributed by atoms with E-state index in [1.54, 1.807) is 0 Å². The molecule has 0 amide bonds. The summed E-state index contributed by atoms with van der Waals surface area (Å²) in [5, 5.41) is 17.3. The summed E-state index contributed by atoms with van der Waals surface area (Å²) in [6, 6.07) is 0. The summed E-state index contributed by atoms with van der Waals surface area (Å²) >= 11 is 0. The van der Waals surface area contributed by atoms with Gasteiger partial charge in [0.2, 0.25) is 0 Å². The van der Waals surface area contributed by atoms with Crippen LogP contribution in [0.2, 0.25) is 0 Å². The molecule has 0 aromatic heterocycles. The number of aliphatic carboxylic acids is 1. The summed E-state index contributed by atoms with van der Waals surface area (Å²) in [6.07, 6.45) is -1.34. The second-order valence-electron chi connectivity index (χ2n) is 0.995. The molecule has 0 aromatic rings. The Balaban J connectivity index is 0. The van der Waals surface area contributed by atoms with E-state index >= 15 is 0 Å². The molecule has 0 radical (unpaired) electrons. The molecule has 0 spiro atoms. The van der Waals surface area contributed by atoms with Crippen molar-refractivity contribution in [3.63, 3.8) is 0 Å². The maximum absolute atomic E-state index is 9.34. The van der Waals surface area contributed by atoms with E-state index in [0.717, 1.165) is 6.92 Å². The van der Waals surface area contributed by atoms with Gasteiger partial charge in [-0.3, -0.25) is 0 Å². The first kappa shape index (κ1) is 10.1. The molecule has 1 unspecified atom stereocenters. The predicted octanol–water partition coefficient (Wildman–Crippen LogP) is -2.26. The maximum Gasteiger partial charge on any atom is 3.00 e. The Morgan fingerprint density at radius 1 is 1.86 bits per heavy atom. The zero-order valence-corrected chi connectivity index (χ0v) is 6.34. The van der Waals surface area contributed by atoms with Gasteiger partial charge in [-0.05, 0) is 6.92 Å². The summed E-state index contributed by atoms with van der Waals surface area (Å²) in [5.74, 6) is -1.44. The van der Waals surface area contributed by atoms with Crippen LogP contribution in [0.5, 0.6) is 0 Å². The first-order valence-electron chi connectivity index (χ1n) is 1.53. The number of carboxylic acid groups (broad SMARTS) is 1. The van der Waals surface area contributed by atoms with Crippen LogP contribution in [0.1, 0.15) is 6.92 Å². The molecule has 0 aliphatic heterocycles. The first-order chi connectivity index (χ1) is 2.64. The number of hydrogen-bond acceptors (Lipinski definition) is 3. The molecule has 36 valence electrons. The number of aliphatic hydroxyl groups is 1. The molecule has 0 saturated heterocycles. The van der Waals surface area contributed by atoms with Gasteiger partial charge in [0.15, 0.2) is 0 Å². The average molecular weight is 159 g/mol. The minimum Gasteiger partial charge on any atom is -0.547 e. The second kappa shape index (κ2) is 4.23. The van der Waals surface area contributed by atoms with Gasteiger partial charge in [-0.25, -0.2) is 0 Å². The number of hydrogen-bond donors (Lipinski definition) is 1. The van der Waals surface area contributed by atoms with Crippen LogP contribution < -0.4 is 5.11 Å². The number of aliphatic hydroxyl groups excluding tert-OH is 1. The van der Waals surface area contributed by atoms with Crippen molar-refractivity contribution >= 4 is 25.8 Å². The quantitative estimate of drug-likeness (QED) is 0.439. The van der Waals surface area contributed by atoms with Crippen LogP contribution in [0, 0.1) is 0 Å². The van der Waals surface area contributed by atoms with Gasteiger partial charge in [0.25, 0.3) is 0 Å². The fourth-order valence-electron chi connectivity index (χ4n) is 0. The van der Waals surface area contributed by atoms with Gasteiger partial charge < -0.3 is 15.0 Å². The smallest absolute Gasteiger partial charge is 0.547 e. The van der Waals surface area contributed by atoms with E-state index in [0.29, 0.717) is 0 Å². The van der Waals surface area contributed by atoms with Gasteiger partial charge in [-0.2, -0.15) is 0 Å². The minimum absolute atomic E-state index is 0. The van der Waals surface area contributed by atoms with Crippen molar-refractivity contribution in [1.29, 1.82) is 0 Å². The summed E-state index contributed by atoms with van der Waals surface area (Å²) in [6.45, 7) is 1.13. The van der Waals surface area contributed by atoms with E-state index in [9.17, 15) is 9.90 Å². The largest absolute Gasteiger partial charge is 3.00 e. The van der Waals surface area contributed by atoms with E-state index in [2.05, 4.69) is 0 Å². The minimum atomic E-state index is -1.44. The monoisotopic (exact) mass is 158 g/mol. The Labute approximate surface area is 54.4 Å². The van der Waals surface area contributed by atoms with Crippen molar-refractivity contribution < 1.29 is 15.0 Å². The van der Waals surface area contributed by atoms with Gasteiger partial charge >= 0.3 is 19.8 Å². The van der Waals surface area contributed by atoms with E-state index in [1.165, 1.54) is 0 Å². The second-order valence-corrected chi connectivity index (χ2v) is 0.995. The van der Waals surface area contributed by atoms with Crippen molar-refractivity contribution in [1.82, 2.24) is 0 Å². The first-order valence-corrected chi connectivity index (χ1v) is 1.53. The van der Waals surface area contributed by atoms with Crippen molar-refractivity contribution in [2.24, 2.45) is 0 Å². The van der Waals surface area contributed by atoms with Crippen molar-refractivity contribution in [3.8, 4) is 0 Å². The molecule has 0 heterocycles. The molecule has 0 aliphatic rings. The van der Waals surface area contributed by atoms with Gasteiger partial charge in [0, 0.05) is 0 Å². The van der Waals surface area contributed by atoms with E-state index in [-0.39, 0.29) is 19.8 Å². The molecule has 0 rings (SSSR count). The van der Waals surface area contributed by atoms with Gasteiger partial charge in [-0.1, -0.05) is 0 Å². The van der Waals surface area contributed by atoms with Gasteiger partial charge in [0.1, 0.15) is 0 Å². The Kier molecular flexibility index (Phi) is 6.12. The zero-order chi connectivity index (χ0) is 5.15. The standard InChI is InChI=1S/C3H6O3.Ga/c1-2(4)3(5)6;/h2,4H,1H3,(H,5,6);/q;+3/p-1. The summed E-state index contributed by atoms with van der Waals surface area (Å²) in [5.41, 5.74) is 0. The van der Waals surface area contributed by atoms with Crippen LogP contribution in [-0.2, 0) is 4.79 Å². The molecular weight excluding hydrogens is 154 g/mol.